The second kappa shape index (κ2) is 6.52. The van der Waals surface area contributed by atoms with Gasteiger partial charge in [0, 0.05) is 18.8 Å². The normalized spacial score (nSPS) is 17.4. The molecule has 1 fully saturated rings. The minimum absolute atomic E-state index is 0.0248. The number of anilines is 1. The van der Waals surface area contributed by atoms with Crippen molar-refractivity contribution in [3.63, 3.8) is 0 Å². The minimum atomic E-state index is -0.313. The van der Waals surface area contributed by atoms with E-state index in [1.165, 1.54) is 5.56 Å². The van der Waals surface area contributed by atoms with Crippen LogP contribution in [0.15, 0.2) is 24.3 Å². The van der Waals surface area contributed by atoms with Crippen LogP contribution in [0.4, 0.5) is 5.69 Å². The number of amides is 2. The van der Waals surface area contributed by atoms with Gasteiger partial charge in [0.05, 0.1) is 12.6 Å². The van der Waals surface area contributed by atoms with Gasteiger partial charge in [-0.2, -0.15) is 0 Å². The highest BCUT2D eigenvalue weighted by Crippen LogP contribution is 2.11. The van der Waals surface area contributed by atoms with E-state index in [1.807, 2.05) is 36.1 Å². The number of piperazine rings is 1. The summed E-state index contributed by atoms with van der Waals surface area (Å²) in [4.78, 5) is 25.4. The van der Waals surface area contributed by atoms with Gasteiger partial charge in [-0.25, -0.2) is 0 Å². The summed E-state index contributed by atoms with van der Waals surface area (Å²) in [6.07, 6.45) is 0.980. The first-order valence-electron chi connectivity index (χ1n) is 7.00. The lowest BCUT2D eigenvalue weighted by Crippen LogP contribution is -2.53. The van der Waals surface area contributed by atoms with E-state index in [0.29, 0.717) is 13.1 Å². The van der Waals surface area contributed by atoms with Crippen LogP contribution in [0, 0.1) is 0 Å². The van der Waals surface area contributed by atoms with Crippen LogP contribution in [0.5, 0.6) is 0 Å². The molecule has 2 rings (SSSR count). The van der Waals surface area contributed by atoms with Crippen molar-refractivity contribution in [1.82, 2.24) is 10.2 Å². The molecule has 2 amide bonds. The van der Waals surface area contributed by atoms with Crippen LogP contribution in [0.1, 0.15) is 19.4 Å². The van der Waals surface area contributed by atoms with Gasteiger partial charge in [-0.15, -0.1) is 0 Å². The predicted molar refractivity (Wildman–Crippen MR) is 78.5 cm³/mol. The Bertz CT molecular complexity index is 484. The molecule has 108 valence electrons. The molecule has 0 bridgehead atoms. The summed E-state index contributed by atoms with van der Waals surface area (Å²) in [7, 11) is 0. The summed E-state index contributed by atoms with van der Waals surface area (Å²) < 4.78 is 0. The summed E-state index contributed by atoms with van der Waals surface area (Å²) in [6.45, 7) is 5.51. The average Bonchev–Trinajstić information content (AvgIpc) is 2.47. The molecule has 20 heavy (non-hydrogen) atoms. The molecule has 1 atom stereocenters. The van der Waals surface area contributed by atoms with Crippen LogP contribution >= 0.6 is 0 Å². The Kier molecular flexibility index (Phi) is 4.74. The molecule has 0 radical (unpaired) electrons. The summed E-state index contributed by atoms with van der Waals surface area (Å²) >= 11 is 0. The van der Waals surface area contributed by atoms with Gasteiger partial charge >= 0.3 is 0 Å². The van der Waals surface area contributed by atoms with E-state index in [-0.39, 0.29) is 24.4 Å². The van der Waals surface area contributed by atoms with Crippen molar-refractivity contribution in [2.75, 3.05) is 25.0 Å². The molecule has 5 heteroatoms. The van der Waals surface area contributed by atoms with Crippen molar-refractivity contribution in [1.29, 1.82) is 0 Å². The Morgan fingerprint density at radius 3 is 2.70 bits per heavy atom. The monoisotopic (exact) mass is 275 g/mol. The third-order valence-corrected chi connectivity index (χ3v) is 3.62. The Balaban J connectivity index is 1.94. The Morgan fingerprint density at radius 2 is 2.10 bits per heavy atom. The number of carbonyl (C=O) groups excluding carboxylic acids is 2. The molecule has 1 aliphatic rings. The Hall–Kier alpha value is -1.88. The molecule has 1 unspecified atom stereocenters. The Labute approximate surface area is 119 Å². The molecule has 0 spiro atoms. The molecule has 0 aromatic heterocycles. The van der Waals surface area contributed by atoms with Crippen LogP contribution in [0.2, 0.25) is 0 Å². The van der Waals surface area contributed by atoms with Gasteiger partial charge in [-0.05, 0) is 31.0 Å². The highest BCUT2D eigenvalue weighted by molar-refractivity contribution is 5.95. The quantitative estimate of drug-likeness (QED) is 0.862. The van der Waals surface area contributed by atoms with Gasteiger partial charge in [0.15, 0.2) is 0 Å². The van der Waals surface area contributed by atoms with Crippen LogP contribution in [0.25, 0.3) is 0 Å². The minimum Gasteiger partial charge on any atom is -0.354 e. The highest BCUT2D eigenvalue weighted by Gasteiger charge is 2.25. The van der Waals surface area contributed by atoms with E-state index in [4.69, 9.17) is 0 Å². The lowest BCUT2D eigenvalue weighted by molar-refractivity contribution is -0.127. The van der Waals surface area contributed by atoms with E-state index < -0.39 is 0 Å². The van der Waals surface area contributed by atoms with Crippen LogP contribution in [0.3, 0.4) is 0 Å². The predicted octanol–water partition coefficient (Wildman–Crippen LogP) is 1.01. The molecular weight excluding hydrogens is 254 g/mol. The van der Waals surface area contributed by atoms with Crippen molar-refractivity contribution >= 4 is 17.5 Å². The fourth-order valence-electron chi connectivity index (χ4n) is 2.23. The van der Waals surface area contributed by atoms with Crippen LogP contribution in [-0.2, 0) is 16.0 Å². The first kappa shape index (κ1) is 14.5. The maximum atomic E-state index is 12.2. The molecule has 1 aliphatic heterocycles. The van der Waals surface area contributed by atoms with E-state index in [1.54, 1.807) is 0 Å². The molecule has 1 aromatic rings. The third kappa shape index (κ3) is 3.57. The number of nitrogens with one attached hydrogen (secondary N) is 2. The lowest BCUT2D eigenvalue weighted by Gasteiger charge is -2.31. The molecular formula is C15H21N3O2. The molecule has 5 nitrogen and oxygen atoms in total. The van der Waals surface area contributed by atoms with Gasteiger partial charge in [0.2, 0.25) is 11.8 Å². The summed E-state index contributed by atoms with van der Waals surface area (Å²) in [5.41, 5.74) is 2.03. The van der Waals surface area contributed by atoms with Gasteiger partial charge < -0.3 is 10.6 Å². The summed E-state index contributed by atoms with van der Waals surface area (Å²) in [5, 5.41) is 5.65. The second-order valence-electron chi connectivity index (χ2n) is 5.04. The smallest absolute Gasteiger partial charge is 0.241 e. The van der Waals surface area contributed by atoms with E-state index >= 15 is 0 Å². The Morgan fingerprint density at radius 1 is 1.40 bits per heavy atom. The van der Waals surface area contributed by atoms with Crippen molar-refractivity contribution in [3.05, 3.63) is 29.8 Å². The van der Waals surface area contributed by atoms with Crippen LogP contribution in [-0.4, -0.2) is 42.4 Å². The zero-order valence-electron chi connectivity index (χ0n) is 12.0. The van der Waals surface area contributed by atoms with Gasteiger partial charge in [-0.3, -0.25) is 14.5 Å². The summed E-state index contributed by atoms with van der Waals surface area (Å²) in [5.74, 6) is -0.104. The second-order valence-corrected chi connectivity index (χ2v) is 5.04. The molecule has 1 heterocycles. The largest absolute Gasteiger partial charge is 0.354 e. The van der Waals surface area contributed by atoms with E-state index in [0.717, 1.165) is 12.1 Å². The average molecular weight is 275 g/mol. The number of hydrogen-bond acceptors (Lipinski definition) is 3. The fraction of sp³-hybridized carbons (Fsp3) is 0.467. The van der Waals surface area contributed by atoms with E-state index in [9.17, 15) is 9.59 Å². The molecule has 2 N–H and O–H groups in total. The number of rotatable bonds is 4. The van der Waals surface area contributed by atoms with Crippen molar-refractivity contribution in [2.24, 2.45) is 0 Å². The first-order valence-corrected chi connectivity index (χ1v) is 7.00. The van der Waals surface area contributed by atoms with E-state index in [2.05, 4.69) is 17.6 Å². The zero-order valence-corrected chi connectivity index (χ0v) is 12.0. The first-order chi connectivity index (χ1) is 9.60. The molecule has 0 aliphatic carbocycles. The maximum absolute atomic E-state index is 12.2. The highest BCUT2D eigenvalue weighted by atomic mass is 16.2. The standard InChI is InChI=1S/C15H21N3O2/c1-3-12-4-6-13(7-5-12)17-15(20)11(2)18-9-8-16-14(19)10-18/h4-7,11H,3,8-10H2,1-2H3,(H,16,19)(H,17,20). The SMILES string of the molecule is CCc1ccc(NC(=O)C(C)N2CCNC(=O)C2)cc1. The molecule has 1 saturated heterocycles. The number of benzene rings is 1. The number of carbonyl (C=O) groups is 2. The fourth-order valence-corrected chi connectivity index (χ4v) is 2.23. The molecule has 1 aromatic carbocycles. The topological polar surface area (TPSA) is 61.4 Å². The molecule has 0 saturated carbocycles. The maximum Gasteiger partial charge on any atom is 0.241 e. The number of aryl methyl sites for hydroxylation is 1. The number of hydrogen-bond donors (Lipinski definition) is 2. The van der Waals surface area contributed by atoms with Gasteiger partial charge in [0.1, 0.15) is 0 Å². The van der Waals surface area contributed by atoms with Crippen molar-refractivity contribution in [3.8, 4) is 0 Å². The summed E-state index contributed by atoms with van der Waals surface area (Å²) in [6, 6.07) is 7.52. The lowest BCUT2D eigenvalue weighted by atomic mass is 10.1. The number of nitrogens with zero attached hydrogens (tertiary/aromatic N) is 1. The van der Waals surface area contributed by atoms with Gasteiger partial charge in [-0.1, -0.05) is 19.1 Å². The van der Waals surface area contributed by atoms with Crippen molar-refractivity contribution < 1.29 is 9.59 Å². The zero-order chi connectivity index (χ0) is 14.5. The third-order valence-electron chi connectivity index (χ3n) is 3.62. The van der Waals surface area contributed by atoms with Crippen molar-refractivity contribution in [2.45, 2.75) is 26.3 Å². The van der Waals surface area contributed by atoms with Crippen LogP contribution < -0.4 is 10.6 Å². The van der Waals surface area contributed by atoms with Gasteiger partial charge in [0.25, 0.3) is 0 Å².